The molecule has 1 atom stereocenters. The number of carbonyl (C=O) groups excluding carboxylic acids is 2. The first-order chi connectivity index (χ1) is 13.0. The number of ketones is 1. The van der Waals surface area contributed by atoms with Gasteiger partial charge in [-0.2, -0.15) is 0 Å². The van der Waals surface area contributed by atoms with Crippen molar-refractivity contribution in [2.45, 2.75) is 32.2 Å². The average Bonchev–Trinajstić information content (AvgIpc) is 2.68. The van der Waals surface area contributed by atoms with Gasteiger partial charge in [-0.3, -0.25) is 19.4 Å². The lowest BCUT2D eigenvalue weighted by molar-refractivity contribution is -0.135. The quantitative estimate of drug-likeness (QED) is 0.821. The van der Waals surface area contributed by atoms with E-state index in [0.29, 0.717) is 19.5 Å². The molecule has 0 aliphatic carbocycles. The Balaban J connectivity index is 1.55. The van der Waals surface area contributed by atoms with Crippen LogP contribution in [0.25, 0.3) is 0 Å². The molecule has 1 aromatic heterocycles. The third kappa shape index (κ3) is 5.03. The van der Waals surface area contributed by atoms with Gasteiger partial charge in [0.1, 0.15) is 5.78 Å². The van der Waals surface area contributed by atoms with E-state index in [0.717, 1.165) is 18.4 Å². The first kappa shape index (κ1) is 18.8. The van der Waals surface area contributed by atoms with Gasteiger partial charge in [0.25, 0.3) is 5.56 Å². The third-order valence-electron chi connectivity index (χ3n) is 4.91. The maximum absolute atomic E-state index is 12.6. The summed E-state index contributed by atoms with van der Waals surface area (Å²) < 4.78 is 1.31. The van der Waals surface area contributed by atoms with Crippen molar-refractivity contribution in [2.75, 3.05) is 13.1 Å². The SMILES string of the molecule is O=C(Cc1ccccc1)C1CCCN(C(=O)CCn2ccc(=O)[nH]c2=O)C1. The normalized spacial score (nSPS) is 16.9. The van der Waals surface area contributed by atoms with E-state index in [9.17, 15) is 19.2 Å². The van der Waals surface area contributed by atoms with E-state index < -0.39 is 11.2 Å². The zero-order valence-corrected chi connectivity index (χ0v) is 15.1. The highest BCUT2D eigenvalue weighted by atomic mass is 16.2. The van der Waals surface area contributed by atoms with Gasteiger partial charge in [-0.05, 0) is 18.4 Å². The number of piperidine rings is 1. The van der Waals surface area contributed by atoms with Crippen molar-refractivity contribution in [1.82, 2.24) is 14.5 Å². The highest BCUT2D eigenvalue weighted by Crippen LogP contribution is 2.20. The lowest BCUT2D eigenvalue weighted by atomic mass is 9.90. The summed E-state index contributed by atoms with van der Waals surface area (Å²) in [5.41, 5.74) is 0.00614. The summed E-state index contributed by atoms with van der Waals surface area (Å²) in [6.45, 7) is 1.27. The number of benzene rings is 1. The number of hydrogen-bond donors (Lipinski definition) is 1. The summed E-state index contributed by atoms with van der Waals surface area (Å²) in [5.74, 6) is -0.0560. The number of nitrogens with one attached hydrogen (secondary N) is 1. The number of aryl methyl sites for hydroxylation is 1. The number of rotatable bonds is 6. The Hall–Kier alpha value is -2.96. The number of hydrogen-bond acceptors (Lipinski definition) is 4. The molecule has 3 rings (SSSR count). The van der Waals surface area contributed by atoms with Gasteiger partial charge in [-0.25, -0.2) is 4.79 Å². The van der Waals surface area contributed by atoms with Crippen molar-refractivity contribution < 1.29 is 9.59 Å². The minimum absolute atomic E-state index is 0.0784. The van der Waals surface area contributed by atoms with Crippen LogP contribution in [0.2, 0.25) is 0 Å². The van der Waals surface area contributed by atoms with E-state index in [2.05, 4.69) is 4.98 Å². The second kappa shape index (κ2) is 8.62. The molecule has 1 aromatic carbocycles. The van der Waals surface area contributed by atoms with Crippen molar-refractivity contribution >= 4 is 11.7 Å². The molecule has 2 aromatic rings. The lowest BCUT2D eigenvalue weighted by Gasteiger charge is -2.32. The highest BCUT2D eigenvalue weighted by molar-refractivity contribution is 5.84. The largest absolute Gasteiger partial charge is 0.342 e. The molecular weight excluding hydrogens is 346 g/mol. The van der Waals surface area contributed by atoms with E-state index in [1.165, 1.54) is 16.8 Å². The topological polar surface area (TPSA) is 92.2 Å². The maximum atomic E-state index is 12.6. The minimum atomic E-state index is -0.523. The van der Waals surface area contributed by atoms with Gasteiger partial charge < -0.3 is 9.47 Å². The van der Waals surface area contributed by atoms with Crippen LogP contribution in [0.1, 0.15) is 24.8 Å². The first-order valence-electron chi connectivity index (χ1n) is 9.17. The van der Waals surface area contributed by atoms with Gasteiger partial charge in [-0.15, -0.1) is 0 Å². The fraction of sp³-hybridized carbons (Fsp3) is 0.400. The molecule has 1 unspecified atom stereocenters. The molecule has 1 N–H and O–H groups in total. The summed E-state index contributed by atoms with van der Waals surface area (Å²) in [7, 11) is 0. The van der Waals surface area contributed by atoms with Crippen LogP contribution in [0.15, 0.2) is 52.2 Å². The Bertz CT molecular complexity index is 917. The number of amides is 1. The van der Waals surface area contributed by atoms with Gasteiger partial charge in [0.2, 0.25) is 5.91 Å². The molecular formula is C20H23N3O4. The fourth-order valence-corrected chi connectivity index (χ4v) is 3.40. The number of aromatic nitrogens is 2. The molecule has 142 valence electrons. The van der Waals surface area contributed by atoms with Crippen molar-refractivity contribution in [3.63, 3.8) is 0 Å². The van der Waals surface area contributed by atoms with Crippen LogP contribution < -0.4 is 11.2 Å². The van der Waals surface area contributed by atoms with Crippen LogP contribution >= 0.6 is 0 Å². The van der Waals surface area contributed by atoms with Gasteiger partial charge in [0.15, 0.2) is 0 Å². The molecule has 0 radical (unpaired) electrons. The van der Waals surface area contributed by atoms with Crippen molar-refractivity contribution in [1.29, 1.82) is 0 Å². The zero-order valence-electron chi connectivity index (χ0n) is 15.1. The van der Waals surface area contributed by atoms with Crippen molar-refractivity contribution in [3.8, 4) is 0 Å². The van der Waals surface area contributed by atoms with E-state index >= 15 is 0 Å². The van der Waals surface area contributed by atoms with Crippen LogP contribution in [0.5, 0.6) is 0 Å². The molecule has 0 saturated carbocycles. The number of nitrogens with zero attached hydrogens (tertiary/aromatic N) is 2. The molecule has 27 heavy (non-hydrogen) atoms. The molecule has 7 heteroatoms. The monoisotopic (exact) mass is 369 g/mol. The molecule has 1 aliphatic heterocycles. The Morgan fingerprint density at radius 1 is 1.11 bits per heavy atom. The van der Waals surface area contributed by atoms with Crippen molar-refractivity contribution in [2.24, 2.45) is 5.92 Å². The van der Waals surface area contributed by atoms with Gasteiger partial charge in [-0.1, -0.05) is 30.3 Å². The molecule has 1 amide bonds. The Kier molecular flexibility index (Phi) is 6.01. The zero-order chi connectivity index (χ0) is 19.2. The summed E-state index contributed by atoms with van der Waals surface area (Å²) in [6.07, 6.45) is 3.53. The Labute approximate surface area is 156 Å². The van der Waals surface area contributed by atoms with E-state index in [1.807, 2.05) is 30.3 Å². The maximum Gasteiger partial charge on any atom is 0.328 e. The number of aromatic amines is 1. The van der Waals surface area contributed by atoms with E-state index in [-0.39, 0.29) is 30.6 Å². The average molecular weight is 369 g/mol. The Morgan fingerprint density at radius 2 is 1.89 bits per heavy atom. The highest BCUT2D eigenvalue weighted by Gasteiger charge is 2.28. The molecule has 1 fully saturated rings. The third-order valence-corrected chi connectivity index (χ3v) is 4.91. The second-order valence-corrected chi connectivity index (χ2v) is 6.86. The lowest BCUT2D eigenvalue weighted by Crippen LogP contribution is -2.43. The van der Waals surface area contributed by atoms with Crippen LogP contribution in [0.3, 0.4) is 0 Å². The Morgan fingerprint density at radius 3 is 2.63 bits per heavy atom. The van der Waals surface area contributed by atoms with Crippen LogP contribution in [0.4, 0.5) is 0 Å². The predicted octanol–water partition coefficient (Wildman–Crippen LogP) is 0.977. The van der Waals surface area contributed by atoms with Crippen LogP contribution in [-0.2, 0) is 22.6 Å². The number of likely N-dealkylation sites (tertiary alicyclic amines) is 1. The fourth-order valence-electron chi connectivity index (χ4n) is 3.40. The number of H-pyrrole nitrogens is 1. The van der Waals surface area contributed by atoms with Gasteiger partial charge in [0, 0.05) is 50.7 Å². The van der Waals surface area contributed by atoms with Gasteiger partial charge in [0.05, 0.1) is 0 Å². The summed E-state index contributed by atoms with van der Waals surface area (Å²) >= 11 is 0. The summed E-state index contributed by atoms with van der Waals surface area (Å²) in [6, 6.07) is 10.9. The second-order valence-electron chi connectivity index (χ2n) is 6.86. The smallest absolute Gasteiger partial charge is 0.328 e. The summed E-state index contributed by atoms with van der Waals surface area (Å²) in [5, 5.41) is 0. The predicted molar refractivity (Wildman–Crippen MR) is 100 cm³/mol. The van der Waals surface area contributed by atoms with Crippen molar-refractivity contribution in [3.05, 3.63) is 69.0 Å². The molecule has 2 heterocycles. The van der Waals surface area contributed by atoms with Crippen LogP contribution in [-0.4, -0.2) is 39.2 Å². The van der Waals surface area contributed by atoms with Crippen LogP contribution in [0, 0.1) is 5.92 Å². The summed E-state index contributed by atoms with van der Waals surface area (Å²) in [4.78, 5) is 51.7. The molecule has 0 spiro atoms. The molecule has 1 saturated heterocycles. The number of carbonyl (C=O) groups is 2. The minimum Gasteiger partial charge on any atom is -0.342 e. The molecule has 1 aliphatic rings. The standard InChI is InChI=1S/C20H23N3O4/c24-17(13-15-5-2-1-3-6-15)16-7-4-10-23(14-16)19(26)9-12-22-11-8-18(25)21-20(22)27/h1-3,5-6,8,11,16H,4,7,9-10,12-14H2,(H,21,25,27). The van der Waals surface area contributed by atoms with E-state index in [4.69, 9.17) is 0 Å². The molecule has 0 bridgehead atoms. The number of Topliss-reactive ketones (excluding diaryl/α,β-unsaturated/α-hetero) is 1. The molecule has 7 nitrogen and oxygen atoms in total. The van der Waals surface area contributed by atoms with Gasteiger partial charge >= 0.3 is 5.69 Å². The van der Waals surface area contributed by atoms with E-state index in [1.54, 1.807) is 4.90 Å². The first-order valence-corrected chi connectivity index (χ1v) is 9.17.